The largest absolute Gasteiger partial charge is 0.481 e. The molecule has 9 N–H and O–H groups in total. The zero-order chi connectivity index (χ0) is 21.7. The van der Waals surface area contributed by atoms with Crippen molar-refractivity contribution < 1.29 is 34.2 Å². The maximum Gasteiger partial charge on any atom is 0.326 e. The molecule has 0 aromatic carbocycles. The van der Waals surface area contributed by atoms with Crippen LogP contribution < -0.4 is 27.4 Å². The molecule has 13 heteroatoms. The maximum absolute atomic E-state index is 12.3. The molecule has 0 saturated carbocycles. The Labute approximate surface area is 167 Å². The Hall–Kier alpha value is -2.38. The number of rotatable bonds is 14. The monoisotopic (exact) mass is 421 g/mol. The van der Waals surface area contributed by atoms with Crippen molar-refractivity contribution in [1.82, 2.24) is 16.0 Å². The summed E-state index contributed by atoms with van der Waals surface area (Å²) in [6, 6.07) is -3.66. The number of thiol groups is 1. The summed E-state index contributed by atoms with van der Waals surface area (Å²) in [5, 5.41) is 24.5. The van der Waals surface area contributed by atoms with Crippen LogP contribution in [0.1, 0.15) is 25.7 Å². The molecule has 0 heterocycles. The van der Waals surface area contributed by atoms with E-state index in [-0.39, 0.29) is 12.2 Å². The summed E-state index contributed by atoms with van der Waals surface area (Å²) in [7, 11) is 0. The van der Waals surface area contributed by atoms with Crippen molar-refractivity contribution in [3.8, 4) is 0 Å². The highest BCUT2D eigenvalue weighted by atomic mass is 32.1. The first-order valence-electron chi connectivity index (χ1n) is 8.50. The van der Waals surface area contributed by atoms with Gasteiger partial charge >= 0.3 is 11.9 Å². The van der Waals surface area contributed by atoms with Crippen molar-refractivity contribution in [3.05, 3.63) is 0 Å². The molecule has 0 spiro atoms. The molecule has 160 valence electrons. The first-order valence-corrected chi connectivity index (χ1v) is 9.14. The third-order valence-electron chi connectivity index (χ3n) is 3.55. The summed E-state index contributed by atoms with van der Waals surface area (Å²) in [6.45, 7) is -0.0881. The van der Waals surface area contributed by atoms with Crippen molar-refractivity contribution in [2.45, 2.75) is 43.8 Å². The van der Waals surface area contributed by atoms with E-state index in [9.17, 15) is 24.0 Å². The minimum atomic E-state index is -1.65. The van der Waals surface area contributed by atoms with E-state index in [0.29, 0.717) is 19.4 Å². The fraction of sp³-hybridized carbons (Fsp3) is 0.667. The van der Waals surface area contributed by atoms with E-state index in [1.165, 1.54) is 0 Å². The summed E-state index contributed by atoms with van der Waals surface area (Å²) >= 11 is 3.86. The lowest BCUT2D eigenvalue weighted by Crippen LogP contribution is -2.54. The topological polar surface area (TPSA) is 214 Å². The average molecular weight is 421 g/mol. The van der Waals surface area contributed by atoms with E-state index in [1.807, 2.05) is 0 Å². The van der Waals surface area contributed by atoms with Crippen LogP contribution in [-0.4, -0.2) is 76.8 Å². The first kappa shape index (κ1) is 25.6. The number of carboxylic acid groups (broad SMARTS) is 2. The van der Waals surface area contributed by atoms with Gasteiger partial charge in [-0.3, -0.25) is 19.2 Å². The van der Waals surface area contributed by atoms with Gasteiger partial charge in [0, 0.05) is 5.75 Å². The van der Waals surface area contributed by atoms with Gasteiger partial charge in [-0.2, -0.15) is 12.6 Å². The van der Waals surface area contributed by atoms with Crippen LogP contribution in [0, 0.1) is 0 Å². The molecule has 0 radical (unpaired) electrons. The van der Waals surface area contributed by atoms with Crippen LogP contribution in [0.2, 0.25) is 0 Å². The van der Waals surface area contributed by atoms with Gasteiger partial charge in [0.05, 0.1) is 19.0 Å². The highest BCUT2D eigenvalue weighted by molar-refractivity contribution is 7.80. The second-order valence-electron chi connectivity index (χ2n) is 5.91. The van der Waals surface area contributed by atoms with Crippen molar-refractivity contribution in [2.75, 3.05) is 18.8 Å². The molecule has 0 aromatic heterocycles. The van der Waals surface area contributed by atoms with Crippen molar-refractivity contribution in [2.24, 2.45) is 11.5 Å². The minimum Gasteiger partial charge on any atom is -0.481 e. The quantitative estimate of drug-likeness (QED) is 0.106. The van der Waals surface area contributed by atoms with Crippen LogP contribution in [0.3, 0.4) is 0 Å². The van der Waals surface area contributed by atoms with Crippen LogP contribution in [0.5, 0.6) is 0 Å². The van der Waals surface area contributed by atoms with Gasteiger partial charge in [-0.15, -0.1) is 0 Å². The second kappa shape index (κ2) is 13.7. The lowest BCUT2D eigenvalue weighted by atomic mass is 10.1. The van der Waals surface area contributed by atoms with E-state index in [2.05, 4.69) is 28.6 Å². The zero-order valence-corrected chi connectivity index (χ0v) is 16.1. The number of hydrogen-bond acceptors (Lipinski definition) is 8. The number of carbonyl (C=O) groups excluding carboxylic acids is 3. The maximum atomic E-state index is 12.3. The lowest BCUT2D eigenvalue weighted by Gasteiger charge is -2.21. The second-order valence-corrected chi connectivity index (χ2v) is 6.27. The number of nitrogens with one attached hydrogen (secondary N) is 3. The Morgan fingerprint density at radius 3 is 2.11 bits per heavy atom. The molecule has 0 aliphatic heterocycles. The fourth-order valence-corrected chi connectivity index (χ4v) is 2.20. The standard InChI is InChI=1S/C15H27N5O7S/c16-4-2-1-3-9(14(25)20-10(15(26)27)5-12(22)23)19-11(21)6-18-13(24)8(17)7-28/h8-10,28H,1-7,16-17H2,(H,18,24)(H,19,21)(H,20,25)(H,22,23)(H,26,27). The molecule has 28 heavy (non-hydrogen) atoms. The van der Waals surface area contributed by atoms with Crippen LogP contribution in [0.4, 0.5) is 0 Å². The molecular weight excluding hydrogens is 394 g/mol. The van der Waals surface area contributed by atoms with Crippen molar-refractivity contribution in [3.63, 3.8) is 0 Å². The predicted octanol–water partition coefficient (Wildman–Crippen LogP) is -2.98. The van der Waals surface area contributed by atoms with Crippen LogP contribution in [-0.2, 0) is 24.0 Å². The van der Waals surface area contributed by atoms with E-state index >= 15 is 0 Å². The van der Waals surface area contributed by atoms with Gasteiger partial charge in [-0.25, -0.2) is 4.79 Å². The summed E-state index contributed by atoms with van der Waals surface area (Å²) < 4.78 is 0. The third-order valence-corrected chi connectivity index (χ3v) is 3.94. The third kappa shape index (κ3) is 10.7. The number of carboxylic acids is 2. The van der Waals surface area contributed by atoms with Gasteiger partial charge in [0.15, 0.2) is 0 Å². The molecule has 0 rings (SSSR count). The van der Waals surface area contributed by atoms with Gasteiger partial charge in [0.25, 0.3) is 0 Å². The van der Waals surface area contributed by atoms with Crippen LogP contribution >= 0.6 is 12.6 Å². The molecule has 0 aromatic rings. The number of nitrogens with two attached hydrogens (primary N) is 2. The molecule has 0 aliphatic carbocycles. The number of unbranched alkanes of at least 4 members (excludes halogenated alkanes) is 1. The Morgan fingerprint density at radius 1 is 0.964 bits per heavy atom. The number of amides is 3. The van der Waals surface area contributed by atoms with Gasteiger partial charge in [0.2, 0.25) is 17.7 Å². The Balaban J connectivity index is 4.92. The fourth-order valence-electron chi connectivity index (χ4n) is 2.04. The molecule has 0 fully saturated rings. The molecule has 0 aliphatic rings. The molecule has 3 atom stereocenters. The van der Waals surface area contributed by atoms with Crippen LogP contribution in [0.25, 0.3) is 0 Å². The predicted molar refractivity (Wildman–Crippen MR) is 101 cm³/mol. The smallest absolute Gasteiger partial charge is 0.326 e. The SMILES string of the molecule is NCCCCC(NC(=O)CNC(=O)C(N)CS)C(=O)NC(CC(=O)O)C(=O)O. The molecule has 0 bridgehead atoms. The highest BCUT2D eigenvalue weighted by Crippen LogP contribution is 2.03. The van der Waals surface area contributed by atoms with E-state index in [1.54, 1.807) is 0 Å². The summed E-state index contributed by atoms with van der Waals surface area (Å²) in [6.07, 6.45) is 0.355. The van der Waals surface area contributed by atoms with Crippen LogP contribution in [0.15, 0.2) is 0 Å². The Morgan fingerprint density at radius 2 is 1.61 bits per heavy atom. The first-order chi connectivity index (χ1) is 13.1. The summed E-state index contributed by atoms with van der Waals surface area (Å²) in [4.78, 5) is 57.7. The summed E-state index contributed by atoms with van der Waals surface area (Å²) in [5.74, 6) is -4.98. The van der Waals surface area contributed by atoms with E-state index in [0.717, 1.165) is 0 Å². The van der Waals surface area contributed by atoms with Gasteiger partial charge < -0.3 is 37.6 Å². The molecule has 12 nitrogen and oxygen atoms in total. The summed E-state index contributed by atoms with van der Waals surface area (Å²) in [5.41, 5.74) is 10.8. The molecule has 0 saturated heterocycles. The zero-order valence-electron chi connectivity index (χ0n) is 15.2. The average Bonchev–Trinajstić information content (AvgIpc) is 2.63. The Bertz CT molecular complexity index is 575. The molecule has 3 amide bonds. The van der Waals surface area contributed by atoms with E-state index in [4.69, 9.17) is 21.7 Å². The number of aliphatic carboxylic acids is 2. The number of carbonyl (C=O) groups is 5. The Kier molecular flexibility index (Phi) is 12.6. The normalized spacial score (nSPS) is 13.7. The lowest BCUT2D eigenvalue weighted by molar-refractivity contribution is -0.147. The highest BCUT2D eigenvalue weighted by Gasteiger charge is 2.28. The minimum absolute atomic E-state index is 0.0811. The van der Waals surface area contributed by atoms with Gasteiger partial charge in [-0.05, 0) is 25.8 Å². The van der Waals surface area contributed by atoms with Gasteiger partial charge in [-0.1, -0.05) is 0 Å². The van der Waals surface area contributed by atoms with Crippen molar-refractivity contribution in [1.29, 1.82) is 0 Å². The number of hydrogen-bond donors (Lipinski definition) is 8. The molecular formula is C15H27N5O7S. The van der Waals surface area contributed by atoms with E-state index < -0.39 is 60.8 Å². The molecule has 3 unspecified atom stereocenters. The van der Waals surface area contributed by atoms with Crippen molar-refractivity contribution >= 4 is 42.3 Å². The van der Waals surface area contributed by atoms with Gasteiger partial charge in [0.1, 0.15) is 12.1 Å².